The number of aromatic nitrogens is 2. The van der Waals surface area contributed by atoms with Gasteiger partial charge in [-0.1, -0.05) is 27.7 Å². The topological polar surface area (TPSA) is 67.1 Å². The number of hydrogen-bond acceptors (Lipinski definition) is 5. The number of nitrogens with one attached hydrogen (secondary N) is 1. The maximum absolute atomic E-state index is 5.39. The minimum atomic E-state index is 0.495. The Labute approximate surface area is 110 Å². The van der Waals surface area contributed by atoms with Crippen molar-refractivity contribution in [2.24, 2.45) is 11.8 Å². The second-order valence-corrected chi connectivity index (χ2v) is 4.92. The Balaban J connectivity index is 2.99. The number of nitrogens with two attached hydrogens (primary N) is 1. The van der Waals surface area contributed by atoms with Crippen molar-refractivity contribution in [3.8, 4) is 0 Å². The summed E-state index contributed by atoms with van der Waals surface area (Å²) in [5, 5.41) is 0. The summed E-state index contributed by atoms with van der Waals surface area (Å²) in [6.07, 6.45) is 5.64. The second-order valence-electron chi connectivity index (χ2n) is 4.92. The Morgan fingerprint density at radius 1 is 1.28 bits per heavy atom. The van der Waals surface area contributed by atoms with Crippen LogP contribution >= 0.6 is 0 Å². The van der Waals surface area contributed by atoms with Crippen LogP contribution in [0, 0.1) is 5.92 Å². The molecule has 3 N–H and O–H groups in total. The molecule has 0 amide bonds. The van der Waals surface area contributed by atoms with Gasteiger partial charge in [0.25, 0.3) is 0 Å². The molecule has 0 spiro atoms. The van der Waals surface area contributed by atoms with Crippen molar-refractivity contribution in [1.29, 1.82) is 0 Å². The summed E-state index contributed by atoms with van der Waals surface area (Å²) < 4.78 is 0. The van der Waals surface area contributed by atoms with Crippen LogP contribution in [0.25, 0.3) is 0 Å². The number of anilines is 2. The van der Waals surface area contributed by atoms with Crippen LogP contribution in [0.3, 0.4) is 0 Å². The molecule has 102 valence electrons. The van der Waals surface area contributed by atoms with E-state index in [0.29, 0.717) is 17.8 Å². The van der Waals surface area contributed by atoms with Crippen molar-refractivity contribution in [1.82, 2.24) is 9.97 Å². The van der Waals surface area contributed by atoms with Gasteiger partial charge in [0.1, 0.15) is 5.82 Å². The minimum absolute atomic E-state index is 0.495. The molecule has 0 atom stereocenters. The normalized spacial score (nSPS) is 11.1. The van der Waals surface area contributed by atoms with Gasteiger partial charge >= 0.3 is 0 Å². The van der Waals surface area contributed by atoms with E-state index >= 15 is 0 Å². The summed E-state index contributed by atoms with van der Waals surface area (Å²) in [5.41, 5.74) is 2.55. The van der Waals surface area contributed by atoms with Crippen LogP contribution in [0.15, 0.2) is 12.4 Å². The fourth-order valence-electron chi connectivity index (χ4n) is 2.12. The van der Waals surface area contributed by atoms with Crippen molar-refractivity contribution in [3.63, 3.8) is 0 Å². The Bertz CT molecular complexity index is 349. The van der Waals surface area contributed by atoms with Gasteiger partial charge in [-0.25, -0.2) is 10.8 Å². The van der Waals surface area contributed by atoms with E-state index < -0.39 is 0 Å². The zero-order valence-corrected chi connectivity index (χ0v) is 11.8. The molecule has 5 heteroatoms. The van der Waals surface area contributed by atoms with Gasteiger partial charge in [0.05, 0.1) is 12.4 Å². The van der Waals surface area contributed by atoms with Gasteiger partial charge in [-0.2, -0.15) is 0 Å². The Morgan fingerprint density at radius 2 is 1.94 bits per heavy atom. The molecule has 0 aliphatic rings. The molecule has 5 nitrogen and oxygen atoms in total. The highest BCUT2D eigenvalue weighted by molar-refractivity contribution is 5.44. The standard InChI is InChI=1S/C13H25N5/c1-5-11(6-2)18(9-10(3)4)13-8-15-7-12(16-13)17-14/h7-8,10-11H,5-6,9,14H2,1-4H3,(H,16,17). The molecular formula is C13H25N5. The van der Waals surface area contributed by atoms with E-state index in [-0.39, 0.29) is 0 Å². The Morgan fingerprint density at radius 3 is 2.44 bits per heavy atom. The number of rotatable bonds is 7. The molecule has 0 fully saturated rings. The molecule has 1 heterocycles. The van der Waals surface area contributed by atoms with Crippen LogP contribution in [0.4, 0.5) is 11.6 Å². The predicted molar refractivity (Wildman–Crippen MR) is 76.4 cm³/mol. The first-order chi connectivity index (χ1) is 8.62. The van der Waals surface area contributed by atoms with Crippen molar-refractivity contribution in [2.45, 2.75) is 46.6 Å². The highest BCUT2D eigenvalue weighted by Gasteiger charge is 2.18. The van der Waals surface area contributed by atoms with E-state index in [9.17, 15) is 0 Å². The summed E-state index contributed by atoms with van der Waals surface area (Å²) in [6, 6.07) is 0.495. The third-order valence-corrected chi connectivity index (χ3v) is 3.01. The van der Waals surface area contributed by atoms with Gasteiger partial charge in [-0.15, -0.1) is 0 Å². The molecule has 0 saturated heterocycles. The molecule has 18 heavy (non-hydrogen) atoms. The van der Waals surface area contributed by atoms with Gasteiger partial charge in [0, 0.05) is 12.6 Å². The maximum Gasteiger partial charge on any atom is 0.160 e. The minimum Gasteiger partial charge on any atom is -0.352 e. The van der Waals surface area contributed by atoms with E-state index in [1.807, 2.05) is 6.20 Å². The highest BCUT2D eigenvalue weighted by atomic mass is 15.3. The molecule has 0 aliphatic heterocycles. The van der Waals surface area contributed by atoms with Crippen LogP contribution in [0.2, 0.25) is 0 Å². The van der Waals surface area contributed by atoms with E-state index in [4.69, 9.17) is 5.84 Å². The van der Waals surface area contributed by atoms with E-state index in [1.165, 1.54) is 0 Å². The van der Waals surface area contributed by atoms with E-state index in [2.05, 4.69) is 48.0 Å². The van der Waals surface area contributed by atoms with Gasteiger partial charge < -0.3 is 10.3 Å². The smallest absolute Gasteiger partial charge is 0.160 e. The van der Waals surface area contributed by atoms with Crippen molar-refractivity contribution < 1.29 is 0 Å². The molecule has 0 aromatic carbocycles. The summed E-state index contributed by atoms with van der Waals surface area (Å²) >= 11 is 0. The van der Waals surface area contributed by atoms with Crippen molar-refractivity contribution in [3.05, 3.63) is 12.4 Å². The van der Waals surface area contributed by atoms with Crippen LogP contribution in [-0.4, -0.2) is 22.6 Å². The lowest BCUT2D eigenvalue weighted by Gasteiger charge is -2.33. The number of hydrogen-bond donors (Lipinski definition) is 2. The maximum atomic E-state index is 5.39. The van der Waals surface area contributed by atoms with Crippen molar-refractivity contribution >= 4 is 11.6 Å². The van der Waals surface area contributed by atoms with E-state index in [0.717, 1.165) is 25.2 Å². The van der Waals surface area contributed by atoms with Crippen LogP contribution < -0.4 is 16.2 Å². The van der Waals surface area contributed by atoms with Crippen LogP contribution in [0.5, 0.6) is 0 Å². The van der Waals surface area contributed by atoms with Crippen molar-refractivity contribution in [2.75, 3.05) is 16.9 Å². The van der Waals surface area contributed by atoms with Crippen LogP contribution in [0.1, 0.15) is 40.5 Å². The molecule has 0 bridgehead atoms. The fraction of sp³-hybridized carbons (Fsp3) is 0.692. The van der Waals surface area contributed by atoms with Crippen LogP contribution in [-0.2, 0) is 0 Å². The lowest BCUT2D eigenvalue weighted by atomic mass is 10.1. The summed E-state index contributed by atoms with van der Waals surface area (Å²) in [5.74, 6) is 7.48. The molecular weight excluding hydrogens is 226 g/mol. The molecule has 0 aliphatic carbocycles. The van der Waals surface area contributed by atoms with E-state index in [1.54, 1.807) is 6.20 Å². The molecule has 1 aromatic heterocycles. The first-order valence-electron chi connectivity index (χ1n) is 6.67. The Hall–Kier alpha value is -1.36. The number of nitrogens with zero attached hydrogens (tertiary/aromatic N) is 3. The predicted octanol–water partition coefficient (Wildman–Crippen LogP) is 2.41. The van der Waals surface area contributed by atoms with Gasteiger partial charge in [0.15, 0.2) is 5.82 Å². The molecule has 0 saturated carbocycles. The molecule has 1 rings (SSSR count). The average molecular weight is 251 g/mol. The van der Waals surface area contributed by atoms with Gasteiger partial charge in [0.2, 0.25) is 0 Å². The summed E-state index contributed by atoms with van der Waals surface area (Å²) in [6.45, 7) is 9.83. The summed E-state index contributed by atoms with van der Waals surface area (Å²) in [4.78, 5) is 11.0. The monoisotopic (exact) mass is 251 g/mol. The fourth-order valence-corrected chi connectivity index (χ4v) is 2.12. The van der Waals surface area contributed by atoms with Gasteiger partial charge in [-0.05, 0) is 18.8 Å². The average Bonchev–Trinajstić information content (AvgIpc) is 2.38. The lowest BCUT2D eigenvalue weighted by Crippen LogP contribution is -2.38. The quantitative estimate of drug-likeness (QED) is 0.575. The second kappa shape index (κ2) is 7.16. The SMILES string of the molecule is CCC(CC)N(CC(C)C)c1cncc(NN)n1. The zero-order valence-electron chi connectivity index (χ0n) is 11.8. The number of hydrazine groups is 1. The molecule has 0 radical (unpaired) electrons. The summed E-state index contributed by atoms with van der Waals surface area (Å²) in [7, 11) is 0. The largest absolute Gasteiger partial charge is 0.352 e. The molecule has 0 unspecified atom stereocenters. The van der Waals surface area contributed by atoms with Gasteiger partial charge in [-0.3, -0.25) is 4.98 Å². The number of nitrogen functional groups attached to an aromatic ring is 1. The zero-order chi connectivity index (χ0) is 13.5. The third-order valence-electron chi connectivity index (χ3n) is 3.01. The highest BCUT2D eigenvalue weighted by Crippen LogP contribution is 2.20. The third kappa shape index (κ3) is 3.84. The molecule has 1 aromatic rings. The Kier molecular flexibility index (Phi) is 5.85. The first-order valence-corrected chi connectivity index (χ1v) is 6.67. The first kappa shape index (κ1) is 14.7. The lowest BCUT2D eigenvalue weighted by molar-refractivity contribution is 0.503.